The van der Waals surface area contributed by atoms with Crippen LogP contribution in [0, 0.1) is 19.8 Å². The fraction of sp³-hybridized carbons (Fsp3) is 0.545. The van der Waals surface area contributed by atoms with Gasteiger partial charge in [0.15, 0.2) is 5.82 Å². The molecule has 3 aromatic rings. The first-order valence-electron chi connectivity index (χ1n) is 10.9. The molecule has 8 nitrogen and oxygen atoms in total. The maximum atomic E-state index is 11.0. The number of nitrogens with zero attached hydrogens (tertiary/aromatic N) is 6. The Morgan fingerprint density at radius 1 is 1.13 bits per heavy atom. The minimum atomic E-state index is -0.547. The van der Waals surface area contributed by atoms with Crippen LogP contribution in [0.5, 0.6) is 0 Å². The minimum absolute atomic E-state index is 0.122. The number of thiazole rings is 1. The largest absolute Gasteiger partial charge is 0.386 e. The molecule has 2 aliphatic rings. The van der Waals surface area contributed by atoms with E-state index in [1.165, 1.54) is 4.88 Å². The van der Waals surface area contributed by atoms with E-state index >= 15 is 0 Å². The molecule has 4 heterocycles. The van der Waals surface area contributed by atoms with Crippen LogP contribution in [0.1, 0.15) is 34.5 Å². The number of hydrogen-bond donors (Lipinski definition) is 1. The van der Waals surface area contributed by atoms with Crippen LogP contribution in [0.3, 0.4) is 0 Å². The summed E-state index contributed by atoms with van der Waals surface area (Å²) in [5, 5.41) is 25.6. The maximum Gasteiger partial charge on any atom is 0.162 e. The Labute approximate surface area is 185 Å². The summed E-state index contributed by atoms with van der Waals surface area (Å²) < 4.78 is 5.47. The van der Waals surface area contributed by atoms with Gasteiger partial charge in [0, 0.05) is 48.0 Å². The highest BCUT2D eigenvalue weighted by Gasteiger charge is 2.30. The standard InChI is InChI=1S/C22H28N6O2S/c1-14-15(2)31-22(23-14)20(29)16-4-3-7-28(13-16)21-18-6-5-17(12-19(18)24-26-25-21)27-8-10-30-11-9-27/h5-6,12,16,20,29H,3-4,7-11,13H2,1-2H3/t16-,20?/m0/s1. The first-order valence-corrected chi connectivity index (χ1v) is 11.7. The Hall–Kier alpha value is -2.36. The number of piperidine rings is 1. The Morgan fingerprint density at radius 3 is 2.74 bits per heavy atom. The average molecular weight is 441 g/mol. The van der Waals surface area contributed by atoms with Gasteiger partial charge in [-0.2, -0.15) is 0 Å². The Bertz CT molecular complexity index is 1050. The number of rotatable bonds is 4. The van der Waals surface area contributed by atoms with Crippen molar-refractivity contribution < 1.29 is 9.84 Å². The third-order valence-electron chi connectivity index (χ3n) is 6.39. The molecule has 31 heavy (non-hydrogen) atoms. The average Bonchev–Trinajstić information content (AvgIpc) is 3.16. The zero-order valence-corrected chi connectivity index (χ0v) is 18.8. The Kier molecular flexibility index (Phi) is 5.73. The monoisotopic (exact) mass is 440 g/mol. The second-order valence-electron chi connectivity index (χ2n) is 8.40. The van der Waals surface area contributed by atoms with E-state index in [1.54, 1.807) is 11.3 Å². The van der Waals surface area contributed by atoms with Crippen LogP contribution in [-0.2, 0) is 4.74 Å². The maximum absolute atomic E-state index is 11.0. The highest BCUT2D eigenvalue weighted by atomic mass is 32.1. The molecular formula is C22H28N6O2S. The van der Waals surface area contributed by atoms with Crippen molar-refractivity contribution in [2.45, 2.75) is 32.8 Å². The molecule has 1 N–H and O–H groups in total. The highest BCUT2D eigenvalue weighted by Crippen LogP contribution is 2.35. The molecule has 2 saturated heterocycles. The van der Waals surface area contributed by atoms with Gasteiger partial charge < -0.3 is 19.6 Å². The molecule has 0 amide bonds. The van der Waals surface area contributed by atoms with Gasteiger partial charge in [0.1, 0.15) is 16.6 Å². The van der Waals surface area contributed by atoms with Crippen molar-refractivity contribution in [3.05, 3.63) is 33.8 Å². The van der Waals surface area contributed by atoms with E-state index in [0.29, 0.717) is 0 Å². The molecule has 2 atom stereocenters. The fourth-order valence-corrected chi connectivity index (χ4v) is 5.50. The summed E-state index contributed by atoms with van der Waals surface area (Å²) in [6.45, 7) is 8.97. The topological polar surface area (TPSA) is 87.5 Å². The van der Waals surface area contributed by atoms with Gasteiger partial charge in [-0.25, -0.2) is 4.98 Å². The smallest absolute Gasteiger partial charge is 0.162 e. The summed E-state index contributed by atoms with van der Waals surface area (Å²) in [5.41, 5.74) is 3.00. The first kappa shape index (κ1) is 20.5. The summed E-state index contributed by atoms with van der Waals surface area (Å²) in [4.78, 5) is 10.3. The van der Waals surface area contributed by atoms with Gasteiger partial charge in [-0.05, 0) is 50.1 Å². The second kappa shape index (κ2) is 8.64. The molecule has 2 aliphatic heterocycles. The van der Waals surface area contributed by atoms with E-state index in [-0.39, 0.29) is 5.92 Å². The van der Waals surface area contributed by atoms with Crippen LogP contribution in [-0.4, -0.2) is 64.9 Å². The van der Waals surface area contributed by atoms with E-state index in [1.807, 2.05) is 6.92 Å². The molecule has 0 radical (unpaired) electrons. The van der Waals surface area contributed by atoms with Crippen molar-refractivity contribution in [1.29, 1.82) is 0 Å². The molecule has 2 fully saturated rings. The number of anilines is 2. The summed E-state index contributed by atoms with van der Waals surface area (Å²) in [6.07, 6.45) is 1.43. The summed E-state index contributed by atoms with van der Waals surface area (Å²) >= 11 is 1.60. The number of aryl methyl sites for hydroxylation is 2. The van der Waals surface area contributed by atoms with Gasteiger partial charge in [0.05, 0.1) is 18.9 Å². The van der Waals surface area contributed by atoms with Crippen LogP contribution in [0.2, 0.25) is 0 Å². The van der Waals surface area contributed by atoms with Crippen LogP contribution in [0.25, 0.3) is 10.9 Å². The highest BCUT2D eigenvalue weighted by molar-refractivity contribution is 7.11. The molecule has 0 bridgehead atoms. The van der Waals surface area contributed by atoms with Gasteiger partial charge in [-0.1, -0.05) is 0 Å². The number of benzene rings is 1. The molecule has 1 aromatic carbocycles. The van der Waals surface area contributed by atoms with Crippen molar-refractivity contribution in [2.75, 3.05) is 49.2 Å². The number of fused-ring (bicyclic) bond motifs is 1. The number of morpholine rings is 1. The third-order valence-corrected chi connectivity index (χ3v) is 7.54. The van der Waals surface area contributed by atoms with Crippen LogP contribution in [0.15, 0.2) is 18.2 Å². The van der Waals surface area contributed by atoms with Gasteiger partial charge in [-0.3, -0.25) is 0 Å². The predicted octanol–water partition coefficient (Wildman–Crippen LogP) is 2.88. The minimum Gasteiger partial charge on any atom is -0.386 e. The Balaban J connectivity index is 1.39. The zero-order valence-electron chi connectivity index (χ0n) is 18.0. The van der Waals surface area contributed by atoms with E-state index < -0.39 is 6.10 Å². The lowest BCUT2D eigenvalue weighted by molar-refractivity contribution is 0.0976. The number of aliphatic hydroxyl groups excluding tert-OH is 1. The molecular weight excluding hydrogens is 412 g/mol. The summed E-state index contributed by atoms with van der Waals surface area (Å²) in [7, 11) is 0. The lowest BCUT2D eigenvalue weighted by Gasteiger charge is -2.35. The van der Waals surface area contributed by atoms with Crippen molar-refractivity contribution in [3.63, 3.8) is 0 Å². The van der Waals surface area contributed by atoms with Gasteiger partial charge in [0.2, 0.25) is 0 Å². The van der Waals surface area contributed by atoms with Crippen LogP contribution in [0.4, 0.5) is 11.5 Å². The van der Waals surface area contributed by atoms with E-state index in [0.717, 1.165) is 85.3 Å². The molecule has 0 saturated carbocycles. The predicted molar refractivity (Wildman–Crippen MR) is 122 cm³/mol. The van der Waals surface area contributed by atoms with E-state index in [4.69, 9.17) is 4.74 Å². The van der Waals surface area contributed by atoms with Crippen LogP contribution >= 0.6 is 11.3 Å². The van der Waals surface area contributed by atoms with E-state index in [9.17, 15) is 5.11 Å². The summed E-state index contributed by atoms with van der Waals surface area (Å²) in [6, 6.07) is 6.33. The number of aromatic nitrogens is 4. The van der Waals surface area contributed by atoms with Gasteiger partial charge >= 0.3 is 0 Å². The van der Waals surface area contributed by atoms with Gasteiger partial charge in [0.25, 0.3) is 0 Å². The van der Waals surface area contributed by atoms with Gasteiger partial charge in [-0.15, -0.1) is 21.5 Å². The lowest BCUT2D eigenvalue weighted by Crippen LogP contribution is -2.38. The molecule has 2 aromatic heterocycles. The van der Waals surface area contributed by atoms with Crippen LogP contribution < -0.4 is 9.80 Å². The Morgan fingerprint density at radius 2 is 1.97 bits per heavy atom. The summed E-state index contributed by atoms with van der Waals surface area (Å²) in [5.74, 6) is 0.971. The zero-order chi connectivity index (χ0) is 21.4. The van der Waals surface area contributed by atoms with E-state index in [2.05, 4.69) is 55.3 Å². The van der Waals surface area contributed by atoms with Crippen molar-refractivity contribution in [3.8, 4) is 0 Å². The molecule has 164 valence electrons. The second-order valence-corrected chi connectivity index (χ2v) is 9.64. The quantitative estimate of drug-likeness (QED) is 0.663. The lowest BCUT2D eigenvalue weighted by atomic mass is 9.92. The molecule has 1 unspecified atom stereocenters. The number of hydrogen-bond acceptors (Lipinski definition) is 9. The normalized spacial score (nSPS) is 20.9. The van der Waals surface area contributed by atoms with Crippen molar-refractivity contribution >= 4 is 33.7 Å². The van der Waals surface area contributed by atoms with Crippen molar-refractivity contribution in [2.24, 2.45) is 5.92 Å². The number of aliphatic hydroxyl groups is 1. The first-order chi connectivity index (χ1) is 15.1. The molecule has 0 aliphatic carbocycles. The molecule has 5 rings (SSSR count). The third kappa shape index (κ3) is 4.09. The number of ether oxygens (including phenoxy) is 1. The molecule has 9 heteroatoms. The molecule has 0 spiro atoms. The van der Waals surface area contributed by atoms with Crippen molar-refractivity contribution in [1.82, 2.24) is 20.4 Å². The fourth-order valence-electron chi connectivity index (χ4n) is 4.50. The SMILES string of the molecule is Cc1nc(C(O)[C@H]2CCCN(c3nnnc4cc(N5CCOCC5)ccc34)C2)sc1C.